The topological polar surface area (TPSA) is 80.6 Å². The van der Waals surface area contributed by atoms with Gasteiger partial charge in [0.15, 0.2) is 0 Å². The SMILES string of the molecule is CCOc1ccc(NS(=O)(=O)c2ccc(CNC)o2)cc1. The predicted molar refractivity (Wildman–Crippen MR) is 79.9 cm³/mol. The van der Waals surface area contributed by atoms with E-state index in [4.69, 9.17) is 9.15 Å². The Morgan fingerprint density at radius 2 is 1.86 bits per heavy atom. The lowest BCUT2D eigenvalue weighted by molar-refractivity contribution is 0.340. The summed E-state index contributed by atoms with van der Waals surface area (Å²) in [6, 6.07) is 9.75. The summed E-state index contributed by atoms with van der Waals surface area (Å²) in [6.45, 7) is 2.92. The molecule has 1 aromatic heterocycles. The minimum absolute atomic E-state index is 0.110. The maximum atomic E-state index is 12.2. The van der Waals surface area contributed by atoms with Gasteiger partial charge in [-0.2, -0.15) is 8.42 Å². The molecular formula is C14H18N2O4S. The maximum Gasteiger partial charge on any atom is 0.295 e. The number of hydrogen-bond donors (Lipinski definition) is 2. The van der Waals surface area contributed by atoms with Gasteiger partial charge in [-0.15, -0.1) is 0 Å². The summed E-state index contributed by atoms with van der Waals surface area (Å²) in [5, 5.41) is 2.78. The second-order valence-corrected chi connectivity index (χ2v) is 5.93. The molecule has 21 heavy (non-hydrogen) atoms. The summed E-state index contributed by atoms with van der Waals surface area (Å²) in [4.78, 5) is 0. The third-order valence-electron chi connectivity index (χ3n) is 2.67. The third-order valence-corrected chi connectivity index (χ3v) is 3.92. The molecule has 1 aromatic carbocycles. The van der Waals surface area contributed by atoms with Crippen molar-refractivity contribution < 1.29 is 17.6 Å². The van der Waals surface area contributed by atoms with Crippen LogP contribution in [0.5, 0.6) is 5.75 Å². The fraction of sp³-hybridized carbons (Fsp3) is 0.286. The Morgan fingerprint density at radius 1 is 1.14 bits per heavy atom. The van der Waals surface area contributed by atoms with Gasteiger partial charge in [-0.25, -0.2) is 0 Å². The second kappa shape index (κ2) is 6.64. The van der Waals surface area contributed by atoms with Crippen LogP contribution in [0.2, 0.25) is 0 Å². The van der Waals surface area contributed by atoms with Crippen molar-refractivity contribution >= 4 is 15.7 Å². The summed E-state index contributed by atoms with van der Waals surface area (Å²) in [5.74, 6) is 1.25. The quantitative estimate of drug-likeness (QED) is 0.819. The van der Waals surface area contributed by atoms with Crippen molar-refractivity contribution in [3.63, 3.8) is 0 Å². The second-order valence-electron chi connectivity index (χ2n) is 4.31. The molecule has 0 aliphatic rings. The van der Waals surface area contributed by atoms with Crippen LogP contribution in [0.15, 0.2) is 45.9 Å². The van der Waals surface area contributed by atoms with Gasteiger partial charge in [-0.05, 0) is 50.4 Å². The van der Waals surface area contributed by atoms with Gasteiger partial charge >= 0.3 is 0 Å². The number of nitrogens with one attached hydrogen (secondary N) is 2. The number of sulfonamides is 1. The average molecular weight is 310 g/mol. The zero-order chi connectivity index (χ0) is 15.3. The van der Waals surface area contributed by atoms with Gasteiger partial charge in [0.25, 0.3) is 10.0 Å². The van der Waals surface area contributed by atoms with Crippen LogP contribution in [-0.4, -0.2) is 22.1 Å². The van der Waals surface area contributed by atoms with Crippen molar-refractivity contribution in [2.45, 2.75) is 18.6 Å². The zero-order valence-electron chi connectivity index (χ0n) is 11.9. The molecule has 0 unspecified atom stereocenters. The number of benzene rings is 1. The Kier molecular flexibility index (Phi) is 4.87. The highest BCUT2D eigenvalue weighted by molar-refractivity contribution is 7.92. The van der Waals surface area contributed by atoms with Crippen LogP contribution in [0.25, 0.3) is 0 Å². The molecule has 7 heteroatoms. The number of ether oxygens (including phenoxy) is 1. The van der Waals surface area contributed by atoms with E-state index < -0.39 is 10.0 Å². The predicted octanol–water partition coefficient (Wildman–Crippen LogP) is 2.20. The monoisotopic (exact) mass is 310 g/mol. The molecule has 114 valence electrons. The normalized spacial score (nSPS) is 11.3. The molecule has 0 aliphatic heterocycles. The van der Waals surface area contributed by atoms with Crippen LogP contribution in [0.4, 0.5) is 5.69 Å². The lowest BCUT2D eigenvalue weighted by Gasteiger charge is -2.07. The summed E-state index contributed by atoms with van der Waals surface area (Å²) in [6.07, 6.45) is 0. The molecule has 0 aliphatic carbocycles. The molecule has 6 nitrogen and oxygen atoms in total. The molecule has 0 fully saturated rings. The Hall–Kier alpha value is -1.99. The van der Waals surface area contributed by atoms with E-state index in [1.165, 1.54) is 6.07 Å². The average Bonchev–Trinajstić information content (AvgIpc) is 2.91. The first kappa shape index (κ1) is 15.4. The van der Waals surface area contributed by atoms with Gasteiger partial charge in [0.2, 0.25) is 5.09 Å². The summed E-state index contributed by atoms with van der Waals surface area (Å²) in [5.41, 5.74) is 0.449. The Labute approximate surface area is 124 Å². The molecule has 0 spiro atoms. The number of anilines is 1. The minimum atomic E-state index is -3.72. The minimum Gasteiger partial charge on any atom is -0.494 e. The van der Waals surface area contributed by atoms with Crippen molar-refractivity contribution in [2.24, 2.45) is 0 Å². The van der Waals surface area contributed by atoms with E-state index in [9.17, 15) is 8.42 Å². The Morgan fingerprint density at radius 3 is 2.48 bits per heavy atom. The van der Waals surface area contributed by atoms with E-state index in [2.05, 4.69) is 10.0 Å². The van der Waals surface area contributed by atoms with Gasteiger partial charge in [0.05, 0.1) is 13.2 Å². The Balaban J connectivity index is 2.12. The number of hydrogen-bond acceptors (Lipinski definition) is 5. The van der Waals surface area contributed by atoms with Crippen LogP contribution in [0, 0.1) is 0 Å². The standard InChI is InChI=1S/C14H18N2O4S/c1-3-19-12-6-4-11(5-7-12)16-21(17,18)14-9-8-13(20-14)10-15-2/h4-9,15-16H,3,10H2,1-2H3. The van der Waals surface area contributed by atoms with E-state index in [-0.39, 0.29) is 5.09 Å². The molecule has 0 saturated heterocycles. The molecule has 0 saturated carbocycles. The Bertz CT molecular complexity index is 677. The van der Waals surface area contributed by atoms with E-state index in [1.807, 2.05) is 6.92 Å². The molecule has 2 aromatic rings. The van der Waals surface area contributed by atoms with Crippen molar-refractivity contribution in [1.29, 1.82) is 0 Å². The first-order valence-electron chi connectivity index (χ1n) is 6.54. The van der Waals surface area contributed by atoms with Crippen molar-refractivity contribution in [2.75, 3.05) is 18.4 Å². The van der Waals surface area contributed by atoms with Crippen molar-refractivity contribution in [3.8, 4) is 5.75 Å². The van der Waals surface area contributed by atoms with Crippen LogP contribution >= 0.6 is 0 Å². The van der Waals surface area contributed by atoms with E-state index >= 15 is 0 Å². The smallest absolute Gasteiger partial charge is 0.295 e. The first-order valence-corrected chi connectivity index (χ1v) is 8.02. The van der Waals surface area contributed by atoms with Crippen LogP contribution < -0.4 is 14.8 Å². The lowest BCUT2D eigenvalue weighted by atomic mass is 10.3. The number of furan rings is 1. The molecule has 0 atom stereocenters. The van der Waals surface area contributed by atoms with Gasteiger partial charge < -0.3 is 14.5 Å². The summed E-state index contributed by atoms with van der Waals surface area (Å²) >= 11 is 0. The highest BCUT2D eigenvalue weighted by atomic mass is 32.2. The van der Waals surface area contributed by atoms with Gasteiger partial charge in [0, 0.05) is 5.69 Å². The van der Waals surface area contributed by atoms with Gasteiger partial charge in [-0.3, -0.25) is 4.72 Å². The highest BCUT2D eigenvalue weighted by Crippen LogP contribution is 2.20. The van der Waals surface area contributed by atoms with Crippen LogP contribution in [-0.2, 0) is 16.6 Å². The third kappa shape index (κ3) is 3.99. The van der Waals surface area contributed by atoms with Gasteiger partial charge in [0.1, 0.15) is 11.5 Å². The van der Waals surface area contributed by atoms with Crippen molar-refractivity contribution in [3.05, 3.63) is 42.2 Å². The van der Waals surface area contributed by atoms with Gasteiger partial charge in [-0.1, -0.05) is 0 Å². The van der Waals surface area contributed by atoms with E-state index in [0.29, 0.717) is 30.3 Å². The fourth-order valence-corrected chi connectivity index (χ4v) is 2.77. The highest BCUT2D eigenvalue weighted by Gasteiger charge is 2.18. The maximum absolute atomic E-state index is 12.2. The molecule has 2 N–H and O–H groups in total. The van der Waals surface area contributed by atoms with Crippen LogP contribution in [0.3, 0.4) is 0 Å². The first-order chi connectivity index (χ1) is 10.0. The molecule has 0 amide bonds. The number of rotatable bonds is 7. The molecule has 0 radical (unpaired) electrons. The molecule has 1 heterocycles. The summed E-state index contributed by atoms with van der Waals surface area (Å²) in [7, 11) is -1.96. The zero-order valence-corrected chi connectivity index (χ0v) is 12.7. The largest absolute Gasteiger partial charge is 0.494 e. The summed E-state index contributed by atoms with van der Waals surface area (Å²) < 4.78 is 37.4. The molecular weight excluding hydrogens is 292 g/mol. The van der Waals surface area contributed by atoms with E-state index in [1.54, 1.807) is 37.4 Å². The van der Waals surface area contributed by atoms with Crippen LogP contribution in [0.1, 0.15) is 12.7 Å². The lowest BCUT2D eigenvalue weighted by Crippen LogP contribution is -2.12. The molecule has 2 rings (SSSR count). The van der Waals surface area contributed by atoms with Crippen molar-refractivity contribution in [1.82, 2.24) is 5.32 Å². The fourth-order valence-electron chi connectivity index (χ4n) is 1.76. The molecule has 0 bridgehead atoms. The van der Waals surface area contributed by atoms with E-state index in [0.717, 1.165) is 0 Å².